The summed E-state index contributed by atoms with van der Waals surface area (Å²) in [5.74, 6) is -0.0354. The van der Waals surface area contributed by atoms with Crippen molar-refractivity contribution >= 4 is 17.2 Å². The van der Waals surface area contributed by atoms with Gasteiger partial charge in [0, 0.05) is 38.3 Å². The Kier molecular flexibility index (Phi) is 5.61. The third-order valence-corrected chi connectivity index (χ3v) is 6.70. The Morgan fingerprint density at radius 1 is 1.33 bits per heavy atom. The van der Waals surface area contributed by atoms with Gasteiger partial charge in [0.15, 0.2) is 0 Å². The van der Waals surface area contributed by atoms with E-state index in [4.69, 9.17) is 9.72 Å². The minimum absolute atomic E-state index is 0.0354. The van der Waals surface area contributed by atoms with E-state index >= 15 is 0 Å². The molecule has 2 aromatic rings. The van der Waals surface area contributed by atoms with E-state index in [-0.39, 0.29) is 12.0 Å². The Balaban J connectivity index is 1.51. The van der Waals surface area contributed by atoms with Crippen molar-refractivity contribution in [3.63, 3.8) is 0 Å². The summed E-state index contributed by atoms with van der Waals surface area (Å²) >= 11 is 1.73. The lowest BCUT2D eigenvalue weighted by Gasteiger charge is -2.35. The molecule has 0 radical (unpaired) electrons. The van der Waals surface area contributed by atoms with E-state index in [0.717, 1.165) is 49.7 Å². The molecule has 4 heterocycles. The molecule has 2 saturated heterocycles. The van der Waals surface area contributed by atoms with E-state index in [2.05, 4.69) is 21.7 Å². The number of piperidine rings is 1. The van der Waals surface area contributed by atoms with E-state index in [0.29, 0.717) is 11.7 Å². The van der Waals surface area contributed by atoms with E-state index < -0.39 is 0 Å². The summed E-state index contributed by atoms with van der Waals surface area (Å²) < 4.78 is 7.82. The van der Waals surface area contributed by atoms with E-state index in [1.54, 1.807) is 18.4 Å². The Bertz CT molecular complexity index is 794. The van der Waals surface area contributed by atoms with Crippen molar-refractivity contribution in [2.75, 3.05) is 20.2 Å². The smallest absolute Gasteiger partial charge is 0.267 e. The van der Waals surface area contributed by atoms with Gasteiger partial charge in [-0.1, -0.05) is 6.42 Å². The third-order valence-electron chi connectivity index (χ3n) is 5.72. The van der Waals surface area contributed by atoms with Gasteiger partial charge in [-0.2, -0.15) is 0 Å². The van der Waals surface area contributed by atoms with Crippen LogP contribution in [-0.4, -0.2) is 40.6 Å². The zero-order valence-corrected chi connectivity index (χ0v) is 16.9. The first-order chi connectivity index (χ1) is 13.2. The second-order valence-corrected chi connectivity index (χ2v) is 8.33. The summed E-state index contributed by atoms with van der Waals surface area (Å²) in [4.78, 5) is 19.4. The van der Waals surface area contributed by atoms with Crippen LogP contribution in [0.3, 0.4) is 0 Å². The number of carbonyl (C=O) groups excluding carboxylic acids is 1. The number of likely N-dealkylation sites (tertiary alicyclic amines) is 1. The molecule has 27 heavy (non-hydrogen) atoms. The molecule has 0 bridgehead atoms. The monoisotopic (exact) mass is 388 g/mol. The van der Waals surface area contributed by atoms with Crippen molar-refractivity contribution < 1.29 is 9.53 Å². The van der Waals surface area contributed by atoms with Crippen LogP contribution in [0.15, 0.2) is 17.5 Å². The number of nitrogens with zero attached hydrogens (tertiary/aromatic N) is 3. The van der Waals surface area contributed by atoms with Crippen molar-refractivity contribution in [2.45, 2.75) is 50.8 Å². The molecule has 2 aliphatic rings. The van der Waals surface area contributed by atoms with Gasteiger partial charge in [-0.25, -0.2) is 4.98 Å². The minimum atomic E-state index is -0.0354. The first-order valence-corrected chi connectivity index (χ1v) is 10.7. The highest BCUT2D eigenvalue weighted by Crippen LogP contribution is 2.34. The second kappa shape index (κ2) is 8.12. The fraction of sp³-hybridized carbons (Fsp3) is 0.600. The SMILES string of the molecule is CNC(=O)c1ccc(C2CCCCN2Cc2csc(C3CCCO3)n2)n1C. The van der Waals surface area contributed by atoms with Gasteiger partial charge in [-0.15, -0.1) is 11.3 Å². The lowest BCUT2D eigenvalue weighted by atomic mass is 9.99. The fourth-order valence-electron chi connectivity index (χ4n) is 4.26. The maximum atomic E-state index is 12.1. The van der Waals surface area contributed by atoms with Crippen molar-refractivity contribution in [3.8, 4) is 0 Å². The lowest BCUT2D eigenvalue weighted by Crippen LogP contribution is -2.34. The molecule has 1 amide bonds. The number of nitrogens with one attached hydrogen (secondary N) is 1. The predicted octanol–water partition coefficient (Wildman–Crippen LogP) is 3.42. The van der Waals surface area contributed by atoms with Gasteiger partial charge in [0.05, 0.1) is 11.7 Å². The van der Waals surface area contributed by atoms with Crippen LogP contribution in [0, 0.1) is 0 Å². The molecule has 2 atom stereocenters. The largest absolute Gasteiger partial charge is 0.371 e. The molecule has 2 aliphatic heterocycles. The summed E-state index contributed by atoms with van der Waals surface area (Å²) in [6.07, 6.45) is 5.98. The van der Waals surface area contributed by atoms with Crippen LogP contribution in [0.2, 0.25) is 0 Å². The van der Waals surface area contributed by atoms with Crippen molar-refractivity contribution in [2.24, 2.45) is 7.05 Å². The van der Waals surface area contributed by atoms with E-state index in [1.165, 1.54) is 18.5 Å². The van der Waals surface area contributed by atoms with Crippen LogP contribution in [0.25, 0.3) is 0 Å². The Labute approximate surface area is 164 Å². The van der Waals surface area contributed by atoms with Gasteiger partial charge in [0.2, 0.25) is 0 Å². The predicted molar refractivity (Wildman–Crippen MR) is 106 cm³/mol. The first kappa shape index (κ1) is 18.7. The summed E-state index contributed by atoms with van der Waals surface area (Å²) in [5, 5.41) is 6.03. The van der Waals surface area contributed by atoms with Gasteiger partial charge >= 0.3 is 0 Å². The average molecular weight is 389 g/mol. The standard InChI is InChI=1S/C20H28N4O2S/c1-21-19(25)17-9-8-15(23(17)2)16-6-3-4-10-24(16)12-14-13-27-20(22-14)18-7-5-11-26-18/h8-9,13,16,18H,3-7,10-12H2,1-2H3,(H,21,25). The summed E-state index contributed by atoms with van der Waals surface area (Å²) in [6, 6.07) is 4.36. The molecule has 6 nitrogen and oxygen atoms in total. The maximum Gasteiger partial charge on any atom is 0.267 e. The van der Waals surface area contributed by atoms with Crippen molar-refractivity contribution in [3.05, 3.63) is 39.6 Å². The molecule has 0 spiro atoms. The highest BCUT2D eigenvalue weighted by molar-refractivity contribution is 7.09. The summed E-state index contributed by atoms with van der Waals surface area (Å²) in [6.45, 7) is 2.78. The van der Waals surface area contributed by atoms with E-state index in [1.807, 2.05) is 17.7 Å². The van der Waals surface area contributed by atoms with E-state index in [9.17, 15) is 4.79 Å². The molecule has 2 fully saturated rings. The number of hydrogen-bond donors (Lipinski definition) is 1. The highest BCUT2D eigenvalue weighted by atomic mass is 32.1. The Hall–Kier alpha value is -1.70. The normalized spacial score (nSPS) is 23.6. The number of aromatic nitrogens is 2. The summed E-state index contributed by atoms with van der Waals surface area (Å²) in [7, 11) is 3.67. The molecule has 146 valence electrons. The van der Waals surface area contributed by atoms with Gasteiger partial charge in [-0.3, -0.25) is 9.69 Å². The fourth-order valence-corrected chi connectivity index (χ4v) is 5.15. The van der Waals surface area contributed by atoms with Gasteiger partial charge < -0.3 is 14.6 Å². The molecule has 0 saturated carbocycles. The first-order valence-electron chi connectivity index (χ1n) is 9.85. The van der Waals surface area contributed by atoms with Crippen LogP contribution in [0.4, 0.5) is 0 Å². The van der Waals surface area contributed by atoms with Gasteiger partial charge in [0.1, 0.15) is 16.8 Å². The molecule has 0 aromatic carbocycles. The van der Waals surface area contributed by atoms with Crippen LogP contribution in [-0.2, 0) is 18.3 Å². The van der Waals surface area contributed by atoms with Gasteiger partial charge in [0.25, 0.3) is 5.91 Å². The Morgan fingerprint density at radius 3 is 3.00 bits per heavy atom. The minimum Gasteiger partial charge on any atom is -0.371 e. The van der Waals surface area contributed by atoms with Crippen LogP contribution < -0.4 is 5.32 Å². The molecule has 2 aromatic heterocycles. The van der Waals surface area contributed by atoms with Crippen molar-refractivity contribution in [1.82, 2.24) is 19.8 Å². The lowest BCUT2D eigenvalue weighted by molar-refractivity contribution is 0.0952. The zero-order valence-electron chi connectivity index (χ0n) is 16.1. The molecule has 0 aliphatic carbocycles. The molecule has 1 N–H and O–H groups in total. The average Bonchev–Trinajstić information content (AvgIpc) is 3.42. The number of rotatable bonds is 5. The number of ether oxygens (including phenoxy) is 1. The highest BCUT2D eigenvalue weighted by Gasteiger charge is 2.28. The van der Waals surface area contributed by atoms with Gasteiger partial charge in [-0.05, 0) is 44.4 Å². The van der Waals surface area contributed by atoms with Crippen LogP contribution >= 0.6 is 11.3 Å². The Morgan fingerprint density at radius 2 is 2.22 bits per heavy atom. The van der Waals surface area contributed by atoms with Crippen LogP contribution in [0.5, 0.6) is 0 Å². The molecular weight excluding hydrogens is 360 g/mol. The number of thiazole rings is 1. The quantitative estimate of drug-likeness (QED) is 0.853. The molecular formula is C20H28N4O2S. The topological polar surface area (TPSA) is 59.4 Å². The van der Waals surface area contributed by atoms with Crippen molar-refractivity contribution in [1.29, 1.82) is 0 Å². The molecule has 4 rings (SSSR count). The summed E-state index contributed by atoms with van der Waals surface area (Å²) in [5.41, 5.74) is 3.06. The maximum absolute atomic E-state index is 12.1. The number of carbonyl (C=O) groups is 1. The zero-order chi connectivity index (χ0) is 18.8. The second-order valence-electron chi connectivity index (χ2n) is 7.44. The third kappa shape index (κ3) is 3.81. The number of hydrogen-bond acceptors (Lipinski definition) is 5. The molecule has 2 unspecified atom stereocenters. The number of amides is 1. The van der Waals surface area contributed by atoms with Crippen LogP contribution in [0.1, 0.15) is 71.1 Å². The molecule has 7 heteroatoms.